The number of anilines is 1. The third kappa shape index (κ3) is 4.07. The molecule has 0 saturated carbocycles. The van der Waals surface area contributed by atoms with Gasteiger partial charge in [0.1, 0.15) is 5.75 Å². The van der Waals surface area contributed by atoms with Crippen molar-refractivity contribution in [1.29, 1.82) is 0 Å². The number of benzene rings is 2. The molecule has 0 spiro atoms. The lowest BCUT2D eigenvalue weighted by Gasteiger charge is -2.08. The Balaban J connectivity index is 1.67. The second-order valence-electron chi connectivity index (χ2n) is 5.98. The summed E-state index contributed by atoms with van der Waals surface area (Å²) < 4.78 is 5.19. The van der Waals surface area contributed by atoms with Crippen LogP contribution in [0.4, 0.5) is 5.69 Å². The van der Waals surface area contributed by atoms with Crippen LogP contribution in [0.15, 0.2) is 53.3 Å². The van der Waals surface area contributed by atoms with E-state index in [1.807, 2.05) is 42.5 Å². The zero-order valence-electron chi connectivity index (χ0n) is 14.3. The van der Waals surface area contributed by atoms with Crippen LogP contribution in [0.2, 0.25) is 0 Å². The van der Waals surface area contributed by atoms with Gasteiger partial charge in [-0.1, -0.05) is 18.2 Å². The van der Waals surface area contributed by atoms with E-state index in [-0.39, 0.29) is 11.5 Å². The maximum absolute atomic E-state index is 12.2. The number of pyridine rings is 1. The number of amides is 1. The number of methoxy groups -OCH3 is 1. The van der Waals surface area contributed by atoms with Gasteiger partial charge in [-0.15, -0.1) is 0 Å². The number of hydrogen-bond donors (Lipinski definition) is 2. The summed E-state index contributed by atoms with van der Waals surface area (Å²) in [5.41, 5.74) is 2.98. The molecule has 3 rings (SSSR count). The fourth-order valence-electron chi connectivity index (χ4n) is 2.70. The van der Waals surface area contributed by atoms with Gasteiger partial charge in [0, 0.05) is 17.7 Å². The molecule has 0 radical (unpaired) electrons. The van der Waals surface area contributed by atoms with E-state index in [1.54, 1.807) is 20.1 Å². The highest BCUT2D eigenvalue weighted by atomic mass is 16.5. The van der Waals surface area contributed by atoms with E-state index in [9.17, 15) is 9.59 Å². The van der Waals surface area contributed by atoms with E-state index >= 15 is 0 Å². The Morgan fingerprint density at radius 1 is 1.16 bits per heavy atom. The van der Waals surface area contributed by atoms with Crippen LogP contribution >= 0.6 is 0 Å². The first-order valence-electron chi connectivity index (χ1n) is 8.11. The number of ether oxygens (including phenoxy) is 1. The molecule has 0 atom stereocenters. The Kier molecular flexibility index (Phi) is 4.84. The van der Waals surface area contributed by atoms with Gasteiger partial charge in [-0.25, -0.2) is 0 Å². The average molecular weight is 336 g/mol. The van der Waals surface area contributed by atoms with Crippen molar-refractivity contribution in [2.45, 2.75) is 19.8 Å². The number of H-pyrrole nitrogens is 1. The summed E-state index contributed by atoms with van der Waals surface area (Å²) in [6.45, 7) is 1.77. The summed E-state index contributed by atoms with van der Waals surface area (Å²) in [6, 6.07) is 15.0. The maximum Gasteiger partial charge on any atom is 0.251 e. The van der Waals surface area contributed by atoms with Crippen molar-refractivity contribution in [3.63, 3.8) is 0 Å². The van der Waals surface area contributed by atoms with Gasteiger partial charge in [0.15, 0.2) is 0 Å². The first-order chi connectivity index (χ1) is 12.0. The van der Waals surface area contributed by atoms with Gasteiger partial charge >= 0.3 is 0 Å². The summed E-state index contributed by atoms with van der Waals surface area (Å²) in [5.74, 6) is 0.711. The number of aromatic nitrogens is 1. The lowest BCUT2D eigenvalue weighted by molar-refractivity contribution is -0.116. The lowest BCUT2D eigenvalue weighted by Crippen LogP contribution is -2.13. The topological polar surface area (TPSA) is 71.2 Å². The average Bonchev–Trinajstić information content (AvgIpc) is 2.61. The van der Waals surface area contributed by atoms with Crippen LogP contribution < -0.4 is 15.6 Å². The van der Waals surface area contributed by atoms with E-state index < -0.39 is 0 Å². The molecular formula is C20H20N2O3. The predicted octanol–water partition coefficient (Wildman–Crippen LogP) is 3.42. The number of carbonyl (C=O) groups is 1. The summed E-state index contributed by atoms with van der Waals surface area (Å²) in [5, 5.41) is 3.81. The zero-order valence-corrected chi connectivity index (χ0v) is 14.3. The third-order valence-electron chi connectivity index (χ3n) is 4.09. The Labute approximate surface area is 145 Å². The van der Waals surface area contributed by atoms with Gasteiger partial charge in [-0.2, -0.15) is 0 Å². The highest BCUT2D eigenvalue weighted by Crippen LogP contribution is 2.18. The predicted molar refractivity (Wildman–Crippen MR) is 99.3 cm³/mol. The van der Waals surface area contributed by atoms with E-state index in [0.717, 1.165) is 16.7 Å². The lowest BCUT2D eigenvalue weighted by atomic mass is 10.1. The molecule has 5 nitrogen and oxygen atoms in total. The molecule has 25 heavy (non-hydrogen) atoms. The standard InChI is InChI=1S/C20H20N2O3/c1-13-10-15-7-8-16(12-18(15)22-20(13)24)21-19(23)9-6-14-4-3-5-17(11-14)25-2/h3-5,7-8,10-12H,6,9H2,1-2H3,(H,21,23)(H,22,24). The molecule has 128 valence electrons. The number of nitrogens with one attached hydrogen (secondary N) is 2. The largest absolute Gasteiger partial charge is 0.497 e. The van der Waals surface area contributed by atoms with Crippen molar-refractivity contribution in [2.75, 3.05) is 12.4 Å². The van der Waals surface area contributed by atoms with Gasteiger partial charge in [-0.3, -0.25) is 9.59 Å². The fraction of sp³-hybridized carbons (Fsp3) is 0.200. The Morgan fingerprint density at radius 3 is 2.80 bits per heavy atom. The van der Waals surface area contributed by atoms with Gasteiger partial charge in [0.05, 0.1) is 12.6 Å². The Bertz CT molecular complexity index is 976. The minimum Gasteiger partial charge on any atom is -0.497 e. The number of fused-ring (bicyclic) bond motifs is 1. The quantitative estimate of drug-likeness (QED) is 0.750. The second kappa shape index (κ2) is 7.21. The molecule has 5 heteroatoms. The molecule has 0 bridgehead atoms. The minimum absolute atomic E-state index is 0.0726. The van der Waals surface area contributed by atoms with Crippen molar-refractivity contribution in [1.82, 2.24) is 4.98 Å². The van der Waals surface area contributed by atoms with Crippen molar-refractivity contribution in [3.05, 3.63) is 70.0 Å². The molecule has 1 heterocycles. The first-order valence-corrected chi connectivity index (χ1v) is 8.11. The monoisotopic (exact) mass is 336 g/mol. The SMILES string of the molecule is COc1cccc(CCC(=O)Nc2ccc3cc(C)c(=O)[nH]c3c2)c1. The number of carbonyl (C=O) groups excluding carboxylic acids is 1. The normalized spacial score (nSPS) is 10.6. The Morgan fingerprint density at radius 2 is 2.00 bits per heavy atom. The third-order valence-corrected chi connectivity index (χ3v) is 4.09. The molecule has 0 aliphatic rings. The van der Waals surface area contributed by atoms with Crippen molar-refractivity contribution >= 4 is 22.5 Å². The minimum atomic E-state index is -0.117. The van der Waals surface area contributed by atoms with Crippen LogP contribution in [0, 0.1) is 6.92 Å². The Hall–Kier alpha value is -3.08. The van der Waals surface area contributed by atoms with E-state index in [4.69, 9.17) is 4.74 Å². The second-order valence-corrected chi connectivity index (χ2v) is 5.98. The van der Waals surface area contributed by atoms with E-state index in [2.05, 4.69) is 10.3 Å². The van der Waals surface area contributed by atoms with Crippen molar-refractivity contribution in [3.8, 4) is 5.75 Å². The first kappa shape index (κ1) is 16.8. The zero-order chi connectivity index (χ0) is 17.8. The number of aryl methyl sites for hydroxylation is 2. The van der Waals surface area contributed by atoms with Crippen LogP contribution in [0.1, 0.15) is 17.5 Å². The molecule has 0 fully saturated rings. The summed E-state index contributed by atoms with van der Waals surface area (Å²) in [6.07, 6.45) is 1.00. The van der Waals surface area contributed by atoms with Crippen molar-refractivity contribution in [2.24, 2.45) is 0 Å². The maximum atomic E-state index is 12.2. The van der Waals surface area contributed by atoms with E-state index in [1.165, 1.54) is 0 Å². The van der Waals surface area contributed by atoms with Crippen LogP contribution in [0.25, 0.3) is 10.9 Å². The smallest absolute Gasteiger partial charge is 0.251 e. The summed E-state index contributed by atoms with van der Waals surface area (Å²) >= 11 is 0. The highest BCUT2D eigenvalue weighted by molar-refractivity contribution is 5.93. The van der Waals surface area contributed by atoms with Gasteiger partial charge in [-0.05, 0) is 54.6 Å². The summed E-state index contributed by atoms with van der Waals surface area (Å²) in [7, 11) is 1.62. The van der Waals surface area contributed by atoms with Crippen LogP contribution in [-0.4, -0.2) is 18.0 Å². The number of rotatable bonds is 5. The molecule has 2 aromatic carbocycles. The number of hydrogen-bond acceptors (Lipinski definition) is 3. The van der Waals surface area contributed by atoms with E-state index in [0.29, 0.717) is 29.6 Å². The van der Waals surface area contributed by atoms with Gasteiger partial charge < -0.3 is 15.0 Å². The van der Waals surface area contributed by atoms with Crippen LogP contribution in [0.3, 0.4) is 0 Å². The van der Waals surface area contributed by atoms with Crippen LogP contribution in [-0.2, 0) is 11.2 Å². The molecule has 1 aromatic heterocycles. The molecule has 1 amide bonds. The molecule has 3 aromatic rings. The molecule has 0 aliphatic heterocycles. The number of aromatic amines is 1. The fourth-order valence-corrected chi connectivity index (χ4v) is 2.70. The highest BCUT2D eigenvalue weighted by Gasteiger charge is 2.06. The molecule has 2 N–H and O–H groups in total. The van der Waals surface area contributed by atoms with Gasteiger partial charge in [0.25, 0.3) is 5.56 Å². The van der Waals surface area contributed by atoms with Crippen LogP contribution in [0.5, 0.6) is 5.75 Å². The molecule has 0 unspecified atom stereocenters. The molecule has 0 aliphatic carbocycles. The summed E-state index contributed by atoms with van der Waals surface area (Å²) in [4.78, 5) is 26.7. The molecular weight excluding hydrogens is 316 g/mol. The van der Waals surface area contributed by atoms with Crippen molar-refractivity contribution < 1.29 is 9.53 Å². The molecule has 0 saturated heterocycles. The van der Waals surface area contributed by atoms with Gasteiger partial charge in [0.2, 0.25) is 5.91 Å².